The highest BCUT2D eigenvalue weighted by Crippen LogP contribution is 2.21. The zero-order valence-corrected chi connectivity index (χ0v) is 43.3. The van der Waals surface area contributed by atoms with Crippen LogP contribution in [0.15, 0.2) is 0 Å². The lowest BCUT2D eigenvalue weighted by Gasteiger charge is -2.29. The molecule has 18 nitrogen and oxygen atoms in total. The molecular weight excluding hydrogens is 861 g/mol. The number of hydrogen-bond donors (Lipinski definition) is 4. The van der Waals surface area contributed by atoms with Crippen molar-refractivity contribution in [2.24, 2.45) is 11.8 Å². The second-order valence-corrected chi connectivity index (χ2v) is 24.5. The van der Waals surface area contributed by atoms with E-state index in [0.717, 1.165) is 12.8 Å². The van der Waals surface area contributed by atoms with Crippen molar-refractivity contribution >= 4 is 49.6 Å². The van der Waals surface area contributed by atoms with Gasteiger partial charge < -0.3 is 46.2 Å². The summed E-state index contributed by atoms with van der Waals surface area (Å²) in [5, 5.41) is 16.2. The lowest BCUT2D eigenvalue weighted by Crippen LogP contribution is -2.47. The van der Waals surface area contributed by atoms with Crippen LogP contribution >= 0.6 is 0 Å². The molecule has 0 aromatic rings. The smallest absolute Gasteiger partial charge is 0.463 e. The highest BCUT2D eigenvalue weighted by molar-refractivity contribution is 7.90. The molecule has 0 rings (SSSR count). The van der Waals surface area contributed by atoms with Crippen LogP contribution in [0.3, 0.4) is 0 Å². The monoisotopic (exact) mass is 946 g/mol. The fourth-order valence-electron chi connectivity index (χ4n) is 4.25. The summed E-state index contributed by atoms with van der Waals surface area (Å²) in [6, 6.07) is 1.19. The topological polar surface area (TPSA) is 241 Å². The number of aliphatic hydroxyl groups excluding tert-OH is 2. The largest absolute Gasteiger partial charge is 0.500 e. The van der Waals surface area contributed by atoms with Crippen molar-refractivity contribution in [2.75, 3.05) is 80.7 Å². The number of hydrogen-bond acceptors (Lipinski definition) is 16. The minimum Gasteiger partial charge on any atom is -0.463 e. The van der Waals surface area contributed by atoms with Gasteiger partial charge in [-0.15, -0.1) is 0 Å². The molecule has 0 aromatic heterocycles. The van der Waals surface area contributed by atoms with Gasteiger partial charge in [0.1, 0.15) is 13.2 Å². The fourth-order valence-corrected chi connectivity index (χ4v) is 10.9. The van der Waals surface area contributed by atoms with Gasteiger partial charge in [0, 0.05) is 66.3 Å². The van der Waals surface area contributed by atoms with Gasteiger partial charge in [0.15, 0.2) is 0 Å². The molecule has 4 N–H and O–H groups in total. The molecule has 364 valence electrons. The first-order chi connectivity index (χ1) is 28.0. The molecule has 3 atom stereocenters. The van der Waals surface area contributed by atoms with E-state index < -0.39 is 42.4 Å². The number of esters is 2. The highest BCUT2D eigenvalue weighted by atomic mass is 32.2. The number of sulfonamides is 2. The maximum atomic E-state index is 12.2. The first-order valence-electron chi connectivity index (χ1n) is 21.1. The van der Waals surface area contributed by atoms with Crippen LogP contribution in [0.4, 0.5) is 0 Å². The first kappa shape index (κ1) is 65.5. The molecule has 0 bridgehead atoms. The molecule has 0 saturated heterocycles. The van der Waals surface area contributed by atoms with Crippen molar-refractivity contribution in [3.63, 3.8) is 0 Å². The van der Waals surface area contributed by atoms with Gasteiger partial charge in [-0.25, -0.2) is 26.3 Å². The van der Waals surface area contributed by atoms with E-state index in [1.807, 2.05) is 48.5 Å². The van der Waals surface area contributed by atoms with Gasteiger partial charge in [0.05, 0.1) is 35.0 Å². The number of ether oxygens (including phenoxy) is 2. The van der Waals surface area contributed by atoms with Crippen LogP contribution in [0, 0.1) is 11.8 Å². The molecule has 0 amide bonds. The highest BCUT2D eigenvalue weighted by Gasteiger charge is 2.40. The molecule has 0 aliphatic rings. The minimum atomic E-state index is -3.32. The molecule has 0 fully saturated rings. The molecule has 0 spiro atoms. The van der Waals surface area contributed by atoms with Gasteiger partial charge >= 0.3 is 29.5 Å². The Labute approximate surface area is 366 Å². The molecule has 0 saturated carbocycles. The fraction of sp³-hybridized carbons (Fsp3) is 0.947. The molecule has 0 heterocycles. The Balaban J connectivity index is -0.000000369. The molecule has 0 aliphatic heterocycles. The Hall–Kier alpha value is -1.13. The van der Waals surface area contributed by atoms with Crippen molar-refractivity contribution in [1.29, 1.82) is 0 Å². The molecule has 0 aromatic carbocycles. The molecule has 3 unspecified atom stereocenters. The van der Waals surface area contributed by atoms with E-state index in [0.29, 0.717) is 70.7 Å². The van der Waals surface area contributed by atoms with E-state index in [-0.39, 0.29) is 55.5 Å². The number of aliphatic hydroxyl groups is 2. The van der Waals surface area contributed by atoms with Gasteiger partial charge in [-0.05, 0) is 80.1 Å². The quantitative estimate of drug-likeness (QED) is 0.0421. The van der Waals surface area contributed by atoms with Crippen LogP contribution in [0.5, 0.6) is 0 Å². The molecule has 60 heavy (non-hydrogen) atoms. The van der Waals surface area contributed by atoms with Crippen molar-refractivity contribution < 1.29 is 72.7 Å². The van der Waals surface area contributed by atoms with E-state index in [1.54, 1.807) is 55.9 Å². The Bertz CT molecular complexity index is 1230. The molecule has 0 radical (unpaired) electrons. The van der Waals surface area contributed by atoms with Crippen molar-refractivity contribution in [3.05, 3.63) is 0 Å². The second kappa shape index (κ2) is 37.3. The Kier molecular flexibility index (Phi) is 40.7. The lowest BCUT2D eigenvalue weighted by molar-refractivity contribution is -0.149. The zero-order valence-electron chi connectivity index (χ0n) is 39.7. The third-order valence-corrected chi connectivity index (χ3v) is 19.6. The summed E-state index contributed by atoms with van der Waals surface area (Å²) < 4.78 is 94.6. The summed E-state index contributed by atoms with van der Waals surface area (Å²) >= 11 is 0. The van der Waals surface area contributed by atoms with Crippen molar-refractivity contribution in [3.8, 4) is 0 Å². The maximum Gasteiger partial charge on any atom is 0.500 e. The van der Waals surface area contributed by atoms with Crippen molar-refractivity contribution in [2.45, 2.75) is 144 Å². The van der Waals surface area contributed by atoms with E-state index in [4.69, 9.17) is 36.8 Å². The average Bonchev–Trinajstić information content (AvgIpc) is 3.23. The predicted octanol–water partition coefficient (Wildman–Crippen LogP) is 4.64. The van der Waals surface area contributed by atoms with Gasteiger partial charge in [-0.3, -0.25) is 9.59 Å². The molecule has 0 aliphatic carbocycles. The van der Waals surface area contributed by atoms with E-state index in [2.05, 4.69) is 18.9 Å². The van der Waals surface area contributed by atoms with Gasteiger partial charge in [0.25, 0.3) is 0 Å². The first-order valence-corrected chi connectivity index (χ1v) is 28.0. The second-order valence-electron chi connectivity index (χ2n) is 14.1. The van der Waals surface area contributed by atoms with Crippen LogP contribution in [0.1, 0.15) is 122 Å². The summed E-state index contributed by atoms with van der Waals surface area (Å²) in [5.41, 5.74) is 0. The van der Waals surface area contributed by atoms with Crippen LogP contribution < -0.4 is 9.44 Å². The van der Waals surface area contributed by atoms with E-state index >= 15 is 0 Å². The van der Waals surface area contributed by atoms with Gasteiger partial charge in [-0.2, -0.15) is 0 Å². The number of carbonyl (C=O) groups excluding carboxylic acids is 2. The van der Waals surface area contributed by atoms with Crippen LogP contribution in [0.25, 0.3) is 0 Å². The normalized spacial score (nSPS) is 13.6. The summed E-state index contributed by atoms with van der Waals surface area (Å²) in [4.78, 5) is 21.6. The van der Waals surface area contributed by atoms with Gasteiger partial charge in [0.2, 0.25) is 20.0 Å². The van der Waals surface area contributed by atoms with Gasteiger partial charge in [-0.1, -0.05) is 41.5 Å². The molecule has 22 heteroatoms. The summed E-state index contributed by atoms with van der Waals surface area (Å²) in [6.45, 7) is 24.4. The third-order valence-electron chi connectivity index (χ3n) is 9.32. The lowest BCUT2D eigenvalue weighted by atomic mass is 10.1. The zero-order chi connectivity index (χ0) is 47.5. The number of carbonyl (C=O) groups is 2. The SMILES string of the molecule is CCC(C)C(=O)OCCO.CCC(C)C(=O)OCCO.CCC(C)S(=O)(=O)NCCC[Si](OC)(OC)OC.CCO[Si](CCCNS(=O)(=O)C(C)(C)CC)(OCC)OCC. The Morgan fingerprint density at radius 2 is 0.983 bits per heavy atom. The van der Waals surface area contributed by atoms with Crippen molar-refractivity contribution in [1.82, 2.24) is 9.44 Å². The van der Waals surface area contributed by atoms with E-state index in [9.17, 15) is 26.4 Å². The standard InChI is InChI=1S/C14H33NO5SSi.C10H25NO5SSi.2C7H14O3/c1-7-14(5,6)21(16,17)15-12-11-13-22(18-8-2,19-9-3)20-10-4;1-6-10(2)17(12,13)11-8-7-9-18(14-3,15-4)16-5;2*1-3-6(2)7(9)10-5-4-8/h15H,7-13H2,1-6H3;10-11H,6-9H2,1-5H3;2*6,8H,3-5H2,1-2H3. The Morgan fingerprint density at radius 1 is 0.617 bits per heavy atom. The number of rotatable bonds is 31. The summed E-state index contributed by atoms with van der Waals surface area (Å²) in [6.07, 6.45) is 3.98. The summed E-state index contributed by atoms with van der Waals surface area (Å²) in [7, 11) is -7.16. The van der Waals surface area contributed by atoms with Crippen LogP contribution in [0.2, 0.25) is 12.1 Å². The third kappa shape index (κ3) is 29.3. The van der Waals surface area contributed by atoms with Crippen LogP contribution in [-0.4, -0.2) is 147 Å². The number of nitrogens with one attached hydrogen (secondary N) is 2. The minimum absolute atomic E-state index is 0.0495. The van der Waals surface area contributed by atoms with Crippen LogP contribution in [-0.2, 0) is 65.7 Å². The average molecular weight is 947 g/mol. The maximum absolute atomic E-state index is 12.2. The summed E-state index contributed by atoms with van der Waals surface area (Å²) in [5.74, 6) is -0.550. The van der Waals surface area contributed by atoms with E-state index in [1.165, 1.54) is 0 Å². The predicted molar refractivity (Wildman–Crippen MR) is 239 cm³/mol. The Morgan fingerprint density at radius 3 is 1.28 bits per heavy atom. The molecular formula is C38H86N2O16S2Si2.